The molecule has 4 rings (SSSR count). The molecule has 1 aliphatic rings. The normalized spacial score (nSPS) is 13.0. The van der Waals surface area contributed by atoms with Crippen LogP contribution in [0.3, 0.4) is 0 Å². The van der Waals surface area contributed by atoms with Crippen molar-refractivity contribution in [1.82, 2.24) is 14.8 Å². The first kappa shape index (κ1) is 20.4. The van der Waals surface area contributed by atoms with E-state index in [1.807, 2.05) is 47.0 Å². The van der Waals surface area contributed by atoms with Crippen molar-refractivity contribution < 1.29 is 9.59 Å². The minimum atomic E-state index is -0.209. The topological polar surface area (TPSA) is 80.1 Å². The number of hydrogen-bond acceptors (Lipinski definition) is 5. The Hall–Kier alpha value is -2.91. The van der Waals surface area contributed by atoms with Gasteiger partial charge in [0.15, 0.2) is 11.0 Å². The molecule has 0 bridgehead atoms. The van der Waals surface area contributed by atoms with Crippen LogP contribution in [0.2, 0.25) is 0 Å². The lowest BCUT2D eigenvalue weighted by Crippen LogP contribution is -2.43. The quantitative estimate of drug-likeness (QED) is 0.423. The molecule has 0 unspecified atom stereocenters. The number of para-hydroxylation sites is 2. The lowest BCUT2D eigenvalue weighted by atomic mass is 10.2. The van der Waals surface area contributed by atoms with Crippen molar-refractivity contribution in [3.8, 4) is 11.4 Å². The first-order chi connectivity index (χ1) is 14.6. The van der Waals surface area contributed by atoms with Crippen LogP contribution in [0.1, 0.15) is 0 Å². The molecule has 0 fully saturated rings. The van der Waals surface area contributed by atoms with Gasteiger partial charge < -0.3 is 10.2 Å². The van der Waals surface area contributed by atoms with Gasteiger partial charge in [-0.15, -0.1) is 16.8 Å². The zero-order chi connectivity index (χ0) is 21.1. The predicted octanol–water partition coefficient (Wildman–Crippen LogP) is 3.97. The third-order valence-electron chi connectivity index (χ3n) is 4.53. The van der Waals surface area contributed by atoms with Crippen LogP contribution in [0.4, 0.5) is 11.4 Å². The van der Waals surface area contributed by atoms with Gasteiger partial charge in [0.05, 0.1) is 17.1 Å². The van der Waals surface area contributed by atoms with Gasteiger partial charge in [0.2, 0.25) is 11.8 Å². The van der Waals surface area contributed by atoms with Gasteiger partial charge in [-0.2, -0.15) is 0 Å². The van der Waals surface area contributed by atoms with E-state index >= 15 is 0 Å². The fourth-order valence-electron chi connectivity index (χ4n) is 3.16. The van der Waals surface area contributed by atoms with Crippen LogP contribution in [0.5, 0.6) is 0 Å². The number of allylic oxidation sites excluding steroid dienone is 1. The summed E-state index contributed by atoms with van der Waals surface area (Å²) in [5, 5.41) is 12.0. The summed E-state index contributed by atoms with van der Waals surface area (Å²) < 4.78 is 2.90. The molecule has 9 heteroatoms. The van der Waals surface area contributed by atoms with Crippen molar-refractivity contribution >= 4 is 50.9 Å². The van der Waals surface area contributed by atoms with Crippen LogP contribution in [0.15, 0.2) is 70.8 Å². The maximum Gasteiger partial charge on any atom is 0.244 e. The molecule has 0 aliphatic carbocycles. The lowest BCUT2D eigenvalue weighted by Gasteiger charge is -2.29. The van der Waals surface area contributed by atoms with Crippen LogP contribution >= 0.6 is 27.7 Å². The highest BCUT2D eigenvalue weighted by Crippen LogP contribution is 2.30. The molecule has 0 radical (unpaired) electrons. The highest BCUT2D eigenvalue weighted by Gasteiger charge is 2.27. The number of halogens is 1. The number of carbonyl (C=O) groups is 2. The molecule has 30 heavy (non-hydrogen) atoms. The number of anilines is 2. The van der Waals surface area contributed by atoms with E-state index in [-0.39, 0.29) is 24.1 Å². The minimum absolute atomic E-state index is 0.000101. The molecule has 0 spiro atoms. The summed E-state index contributed by atoms with van der Waals surface area (Å²) in [5.41, 5.74) is 2.26. The second-order valence-electron chi connectivity index (χ2n) is 6.55. The third-order valence-corrected chi connectivity index (χ3v) is 6.01. The lowest BCUT2D eigenvalue weighted by molar-refractivity contribution is -0.120. The van der Waals surface area contributed by atoms with Gasteiger partial charge in [-0.25, -0.2) is 0 Å². The number of benzene rings is 2. The van der Waals surface area contributed by atoms with Crippen LogP contribution in [0, 0.1) is 0 Å². The molecule has 2 heterocycles. The van der Waals surface area contributed by atoms with E-state index in [2.05, 4.69) is 38.0 Å². The van der Waals surface area contributed by atoms with E-state index in [4.69, 9.17) is 0 Å². The van der Waals surface area contributed by atoms with Gasteiger partial charge in [-0.1, -0.05) is 58.0 Å². The number of thioether (sulfide) groups is 1. The maximum absolute atomic E-state index is 12.9. The van der Waals surface area contributed by atoms with Gasteiger partial charge in [0.1, 0.15) is 6.54 Å². The van der Waals surface area contributed by atoms with E-state index < -0.39 is 0 Å². The van der Waals surface area contributed by atoms with E-state index in [1.54, 1.807) is 12.1 Å². The van der Waals surface area contributed by atoms with Crippen LogP contribution in [-0.2, 0) is 16.1 Å². The van der Waals surface area contributed by atoms with Gasteiger partial charge in [-0.05, 0) is 24.3 Å². The third kappa shape index (κ3) is 4.17. The van der Waals surface area contributed by atoms with Crippen LogP contribution in [0.25, 0.3) is 11.4 Å². The first-order valence-corrected chi connectivity index (χ1v) is 11.0. The fraction of sp³-hybridized carbons (Fsp3) is 0.143. The number of amides is 2. The Balaban J connectivity index is 1.54. The Morgan fingerprint density at radius 1 is 1.20 bits per heavy atom. The average Bonchev–Trinajstić information content (AvgIpc) is 3.14. The van der Waals surface area contributed by atoms with Crippen molar-refractivity contribution in [2.24, 2.45) is 0 Å². The molecule has 0 atom stereocenters. The van der Waals surface area contributed by atoms with Crippen molar-refractivity contribution in [3.63, 3.8) is 0 Å². The number of nitrogens with zero attached hydrogens (tertiary/aromatic N) is 4. The molecular weight excluding hydrogens is 466 g/mol. The predicted molar refractivity (Wildman–Crippen MR) is 122 cm³/mol. The van der Waals surface area contributed by atoms with Crippen molar-refractivity contribution in [2.75, 3.05) is 22.5 Å². The number of hydrogen-bond donors (Lipinski definition) is 1. The summed E-state index contributed by atoms with van der Waals surface area (Å²) in [4.78, 5) is 26.4. The highest BCUT2D eigenvalue weighted by atomic mass is 79.9. The summed E-state index contributed by atoms with van der Waals surface area (Å²) >= 11 is 4.73. The molecule has 152 valence electrons. The highest BCUT2D eigenvalue weighted by molar-refractivity contribution is 9.10. The minimum Gasteiger partial charge on any atom is -0.323 e. The molecule has 1 aromatic heterocycles. The van der Waals surface area contributed by atoms with Gasteiger partial charge in [-0.3, -0.25) is 14.2 Å². The van der Waals surface area contributed by atoms with Crippen LogP contribution < -0.4 is 10.2 Å². The molecule has 0 saturated heterocycles. The van der Waals surface area contributed by atoms with E-state index in [1.165, 1.54) is 16.7 Å². The molecule has 1 aliphatic heterocycles. The van der Waals surface area contributed by atoms with Crippen molar-refractivity contribution in [2.45, 2.75) is 11.7 Å². The first-order valence-electron chi connectivity index (χ1n) is 9.19. The Bertz CT molecular complexity index is 1110. The van der Waals surface area contributed by atoms with Crippen LogP contribution in [-0.4, -0.2) is 38.9 Å². The number of fused-ring (bicyclic) bond motifs is 1. The summed E-state index contributed by atoms with van der Waals surface area (Å²) in [6.07, 6.45) is 1.77. The molecule has 1 N–H and O–H groups in total. The Kier molecular flexibility index (Phi) is 6.01. The number of nitrogens with one attached hydrogen (secondary N) is 1. The van der Waals surface area contributed by atoms with Crippen molar-refractivity contribution in [1.29, 1.82) is 0 Å². The maximum atomic E-state index is 12.9. The number of aromatic nitrogens is 3. The van der Waals surface area contributed by atoms with Gasteiger partial charge >= 0.3 is 0 Å². The average molecular weight is 484 g/mol. The summed E-state index contributed by atoms with van der Waals surface area (Å²) in [6, 6.07) is 15.1. The molecular formula is C21H18BrN5O2S. The summed E-state index contributed by atoms with van der Waals surface area (Å²) in [7, 11) is 0. The standard InChI is InChI=1S/C21H18BrN5O2S/c1-2-11-26-20(14-7-9-15(22)10-8-14)24-25-21(26)30-13-19(29)27-12-18(28)23-16-5-3-4-6-17(16)27/h2-10H,1,11-13H2,(H,23,28). The van der Waals surface area contributed by atoms with E-state index in [0.717, 1.165) is 10.0 Å². The fourth-order valence-corrected chi connectivity index (χ4v) is 4.25. The Labute approximate surface area is 186 Å². The van der Waals surface area contributed by atoms with Gasteiger partial charge in [0.25, 0.3) is 0 Å². The zero-order valence-corrected chi connectivity index (χ0v) is 18.3. The monoisotopic (exact) mass is 483 g/mol. The van der Waals surface area contributed by atoms with E-state index in [0.29, 0.717) is 28.9 Å². The smallest absolute Gasteiger partial charge is 0.244 e. The van der Waals surface area contributed by atoms with E-state index in [9.17, 15) is 9.59 Å². The zero-order valence-electron chi connectivity index (χ0n) is 15.9. The SMILES string of the molecule is C=CCn1c(SCC(=O)N2CC(=O)Nc3ccccc32)nnc1-c1ccc(Br)cc1. The second-order valence-corrected chi connectivity index (χ2v) is 8.40. The molecule has 7 nitrogen and oxygen atoms in total. The van der Waals surface area contributed by atoms with Gasteiger partial charge in [0, 0.05) is 16.6 Å². The molecule has 2 aromatic carbocycles. The molecule has 0 saturated carbocycles. The Morgan fingerprint density at radius 2 is 1.97 bits per heavy atom. The number of carbonyl (C=O) groups excluding carboxylic acids is 2. The summed E-state index contributed by atoms with van der Waals surface area (Å²) in [5.74, 6) is 0.470. The largest absolute Gasteiger partial charge is 0.323 e. The molecule has 2 amide bonds. The number of rotatable bonds is 6. The Morgan fingerprint density at radius 3 is 2.73 bits per heavy atom. The second kappa shape index (κ2) is 8.85. The summed E-state index contributed by atoms with van der Waals surface area (Å²) in [6.45, 7) is 4.33. The van der Waals surface area contributed by atoms with Crippen molar-refractivity contribution in [3.05, 3.63) is 65.7 Å². The molecule has 3 aromatic rings.